The Bertz CT molecular complexity index is 1120. The van der Waals surface area contributed by atoms with Crippen molar-refractivity contribution >= 4 is 0 Å². The van der Waals surface area contributed by atoms with Crippen molar-refractivity contribution in [1.29, 1.82) is 0 Å². The standard InChI is InChI=1S/C28H38O13/c1-35-17-6-13(7-18(36-2)22(17)31)5-15-12-39-26(16(15)10-29)14-8-19(37-3)27(20(9-14)38-4)41-28-25(34)24(33)23(32)21(11-30)40-28/h6-9,15-16,21,23-26,28-34H,5,10-12H2,1-4H3/t15-,16+,21+,23+,24-,25+,26+,28-/m0/s1. The fourth-order valence-electron chi connectivity index (χ4n) is 5.35. The molecule has 8 atom stereocenters. The van der Waals surface area contributed by atoms with Crippen LogP contribution in [-0.2, 0) is 15.9 Å². The summed E-state index contributed by atoms with van der Waals surface area (Å²) in [6.45, 7) is -0.435. The molecule has 0 aliphatic carbocycles. The number of hydrogen-bond acceptors (Lipinski definition) is 13. The molecule has 4 rings (SSSR count). The van der Waals surface area contributed by atoms with Gasteiger partial charge in [0.15, 0.2) is 23.0 Å². The van der Waals surface area contributed by atoms with E-state index in [0.29, 0.717) is 18.6 Å². The van der Waals surface area contributed by atoms with Gasteiger partial charge in [0.2, 0.25) is 17.8 Å². The van der Waals surface area contributed by atoms with Gasteiger partial charge in [0.1, 0.15) is 24.4 Å². The molecule has 0 radical (unpaired) electrons. The largest absolute Gasteiger partial charge is 0.502 e. The van der Waals surface area contributed by atoms with E-state index in [-0.39, 0.29) is 52.9 Å². The minimum atomic E-state index is -1.63. The summed E-state index contributed by atoms with van der Waals surface area (Å²) in [4.78, 5) is 0. The Balaban J connectivity index is 1.59. The Labute approximate surface area is 237 Å². The van der Waals surface area contributed by atoms with Gasteiger partial charge in [-0.1, -0.05) is 0 Å². The third-order valence-electron chi connectivity index (χ3n) is 7.63. The molecule has 0 bridgehead atoms. The predicted octanol–water partition coefficient (Wildman–Crippen LogP) is 0.144. The topological polar surface area (TPSA) is 186 Å². The van der Waals surface area contributed by atoms with E-state index in [1.807, 2.05) is 0 Å². The third-order valence-corrected chi connectivity index (χ3v) is 7.63. The number of aliphatic hydroxyl groups excluding tert-OH is 5. The van der Waals surface area contributed by atoms with E-state index < -0.39 is 43.4 Å². The van der Waals surface area contributed by atoms with E-state index in [0.717, 1.165) is 5.56 Å². The van der Waals surface area contributed by atoms with Crippen molar-refractivity contribution in [2.24, 2.45) is 11.8 Å². The number of aliphatic hydroxyl groups is 5. The second-order valence-corrected chi connectivity index (χ2v) is 9.98. The van der Waals surface area contributed by atoms with Gasteiger partial charge < -0.3 is 63.8 Å². The molecular weight excluding hydrogens is 544 g/mol. The lowest BCUT2D eigenvalue weighted by Crippen LogP contribution is -2.60. The van der Waals surface area contributed by atoms with Crippen LogP contribution in [0.4, 0.5) is 0 Å². The van der Waals surface area contributed by atoms with E-state index >= 15 is 0 Å². The first-order valence-corrected chi connectivity index (χ1v) is 13.1. The zero-order valence-electron chi connectivity index (χ0n) is 23.3. The molecule has 228 valence electrons. The summed E-state index contributed by atoms with van der Waals surface area (Å²) in [7, 11) is 5.72. The lowest BCUT2D eigenvalue weighted by molar-refractivity contribution is -0.277. The molecule has 13 nitrogen and oxygen atoms in total. The second kappa shape index (κ2) is 13.3. The number of methoxy groups -OCH3 is 4. The lowest BCUT2D eigenvalue weighted by Gasteiger charge is -2.39. The number of ether oxygens (including phenoxy) is 7. The molecule has 2 aromatic carbocycles. The zero-order chi connectivity index (χ0) is 29.8. The number of aromatic hydroxyl groups is 1. The first-order valence-electron chi connectivity index (χ1n) is 13.1. The summed E-state index contributed by atoms with van der Waals surface area (Å²) in [5, 5.41) is 60.8. The lowest BCUT2D eigenvalue weighted by atomic mass is 9.84. The van der Waals surface area contributed by atoms with E-state index in [9.17, 15) is 30.6 Å². The van der Waals surface area contributed by atoms with Crippen molar-refractivity contribution in [3.05, 3.63) is 35.4 Å². The summed E-state index contributed by atoms with van der Waals surface area (Å²) in [6, 6.07) is 6.75. The van der Waals surface area contributed by atoms with Crippen molar-refractivity contribution in [1.82, 2.24) is 0 Å². The Morgan fingerprint density at radius 1 is 0.780 bits per heavy atom. The Morgan fingerprint density at radius 3 is 1.88 bits per heavy atom. The molecule has 13 heteroatoms. The average molecular weight is 583 g/mol. The van der Waals surface area contributed by atoms with Gasteiger partial charge in [0, 0.05) is 12.5 Å². The van der Waals surface area contributed by atoms with E-state index in [1.54, 1.807) is 24.3 Å². The van der Waals surface area contributed by atoms with Crippen LogP contribution in [-0.4, -0.2) is 110 Å². The number of rotatable bonds is 11. The number of phenols is 1. The van der Waals surface area contributed by atoms with Crippen LogP contribution in [0, 0.1) is 11.8 Å². The van der Waals surface area contributed by atoms with Gasteiger partial charge in [-0.25, -0.2) is 0 Å². The predicted molar refractivity (Wildman–Crippen MR) is 142 cm³/mol. The van der Waals surface area contributed by atoms with Crippen LogP contribution in [0.15, 0.2) is 24.3 Å². The molecule has 41 heavy (non-hydrogen) atoms. The molecule has 0 unspecified atom stereocenters. The molecular formula is C28H38O13. The van der Waals surface area contributed by atoms with Gasteiger partial charge >= 0.3 is 0 Å². The number of hydrogen-bond donors (Lipinski definition) is 6. The zero-order valence-corrected chi connectivity index (χ0v) is 23.3. The Morgan fingerprint density at radius 2 is 1.37 bits per heavy atom. The SMILES string of the molecule is COc1cc(C[C@H]2CO[C@H](c3cc(OC)c(O[C@@H]4O[C@H](CO)[C@@H](O)[C@H](O)[C@H]4O)c(OC)c3)[C@@H]2CO)cc(OC)c1O. The van der Waals surface area contributed by atoms with Gasteiger partial charge in [-0.05, 0) is 47.7 Å². The normalized spacial score (nSPS) is 29.7. The van der Waals surface area contributed by atoms with E-state index in [4.69, 9.17) is 33.2 Å². The number of benzene rings is 2. The molecule has 2 saturated heterocycles. The fraction of sp³-hybridized carbons (Fsp3) is 0.571. The Kier molecular flexibility index (Phi) is 10.0. The van der Waals surface area contributed by atoms with Gasteiger partial charge in [-0.3, -0.25) is 0 Å². The molecule has 6 N–H and O–H groups in total. The first kappa shape index (κ1) is 30.9. The molecule has 0 saturated carbocycles. The summed E-state index contributed by atoms with van der Waals surface area (Å²) in [5.74, 6) is 0.517. The van der Waals surface area contributed by atoms with Crippen molar-refractivity contribution < 1.29 is 63.8 Å². The van der Waals surface area contributed by atoms with Crippen molar-refractivity contribution in [3.8, 4) is 34.5 Å². The van der Waals surface area contributed by atoms with Gasteiger partial charge in [-0.2, -0.15) is 0 Å². The fourth-order valence-corrected chi connectivity index (χ4v) is 5.35. The minimum absolute atomic E-state index is 0.0569. The van der Waals surface area contributed by atoms with Crippen molar-refractivity contribution in [2.75, 3.05) is 48.3 Å². The third kappa shape index (κ3) is 6.11. The highest BCUT2D eigenvalue weighted by Gasteiger charge is 2.45. The molecule has 2 fully saturated rings. The van der Waals surface area contributed by atoms with Crippen LogP contribution >= 0.6 is 0 Å². The maximum atomic E-state index is 10.4. The maximum Gasteiger partial charge on any atom is 0.229 e. The maximum absolute atomic E-state index is 10.4. The smallest absolute Gasteiger partial charge is 0.229 e. The summed E-state index contributed by atoms with van der Waals surface area (Å²) >= 11 is 0. The highest BCUT2D eigenvalue weighted by atomic mass is 16.7. The van der Waals surface area contributed by atoms with E-state index in [1.165, 1.54) is 28.4 Å². The van der Waals surface area contributed by atoms with Gasteiger partial charge in [-0.15, -0.1) is 0 Å². The van der Waals surface area contributed by atoms with Crippen LogP contribution in [0.25, 0.3) is 0 Å². The Hall–Kier alpha value is -3.04. The molecule has 0 amide bonds. The molecule has 0 aromatic heterocycles. The monoisotopic (exact) mass is 582 g/mol. The highest BCUT2D eigenvalue weighted by Crippen LogP contribution is 2.47. The molecule has 2 heterocycles. The average Bonchev–Trinajstić information content (AvgIpc) is 3.40. The van der Waals surface area contributed by atoms with E-state index in [2.05, 4.69) is 0 Å². The van der Waals surface area contributed by atoms with Crippen LogP contribution in [0.3, 0.4) is 0 Å². The molecule has 0 spiro atoms. The van der Waals surface area contributed by atoms with Crippen LogP contribution < -0.4 is 23.7 Å². The summed E-state index contributed by atoms with van der Waals surface area (Å²) in [5.41, 5.74) is 1.48. The van der Waals surface area contributed by atoms with Crippen LogP contribution in [0.2, 0.25) is 0 Å². The molecule has 2 aliphatic heterocycles. The first-order chi connectivity index (χ1) is 19.7. The second-order valence-electron chi connectivity index (χ2n) is 9.98. The number of phenolic OH excluding ortho intramolecular Hbond substituents is 1. The van der Waals surface area contributed by atoms with Crippen molar-refractivity contribution in [2.45, 2.75) is 43.2 Å². The van der Waals surface area contributed by atoms with Gasteiger partial charge in [0.25, 0.3) is 0 Å². The highest BCUT2D eigenvalue weighted by molar-refractivity contribution is 5.55. The summed E-state index contributed by atoms with van der Waals surface area (Å²) < 4.78 is 39.1. The van der Waals surface area contributed by atoms with Gasteiger partial charge in [0.05, 0.1) is 47.8 Å². The summed E-state index contributed by atoms with van der Waals surface area (Å²) in [6.07, 6.45) is -7.40. The van der Waals surface area contributed by atoms with Crippen molar-refractivity contribution in [3.63, 3.8) is 0 Å². The minimum Gasteiger partial charge on any atom is -0.502 e. The van der Waals surface area contributed by atoms with Crippen LogP contribution in [0.1, 0.15) is 17.2 Å². The van der Waals surface area contributed by atoms with Crippen LogP contribution in [0.5, 0.6) is 34.5 Å². The quantitative estimate of drug-likeness (QED) is 0.210. The molecule has 2 aromatic rings. The molecule has 2 aliphatic rings.